The van der Waals surface area contributed by atoms with Crippen LogP contribution in [0.5, 0.6) is 0 Å². The second-order valence-corrected chi connectivity index (χ2v) is 7.24. The van der Waals surface area contributed by atoms with Gasteiger partial charge in [0.2, 0.25) is 0 Å². The summed E-state index contributed by atoms with van der Waals surface area (Å²) in [5.41, 5.74) is 1.33. The van der Waals surface area contributed by atoms with Gasteiger partial charge in [-0.05, 0) is 31.2 Å². The Bertz CT molecular complexity index is 1030. The molecule has 0 fully saturated rings. The zero-order valence-electron chi connectivity index (χ0n) is 13.2. The first-order valence-electron chi connectivity index (χ1n) is 7.17. The van der Waals surface area contributed by atoms with Crippen LogP contribution in [0.15, 0.2) is 45.2 Å². The van der Waals surface area contributed by atoms with Gasteiger partial charge in [0.1, 0.15) is 22.5 Å². The first-order valence-corrected chi connectivity index (χ1v) is 9.12. The Morgan fingerprint density at radius 3 is 2.62 bits per heavy atom. The van der Waals surface area contributed by atoms with E-state index in [1.165, 1.54) is 29.7 Å². The van der Waals surface area contributed by atoms with Crippen LogP contribution in [0.1, 0.15) is 16.5 Å². The molecule has 0 unspecified atom stereocenters. The van der Waals surface area contributed by atoms with E-state index >= 15 is 0 Å². The fraction of sp³-hybridized carbons (Fsp3) is 0.0588. The van der Waals surface area contributed by atoms with Crippen LogP contribution < -0.4 is 0 Å². The highest BCUT2D eigenvalue weighted by Gasteiger charge is 2.13. The molecule has 0 bridgehead atoms. The molecule has 0 aliphatic rings. The van der Waals surface area contributed by atoms with Crippen LogP contribution in [0.3, 0.4) is 0 Å². The topological polar surface area (TPSA) is 74.5 Å². The van der Waals surface area contributed by atoms with E-state index in [1.807, 2.05) is 0 Å². The number of aryl methyl sites for hydroxylation is 1. The van der Waals surface area contributed by atoms with Gasteiger partial charge in [0, 0.05) is 11.1 Å². The lowest BCUT2D eigenvalue weighted by molar-refractivity contribution is 0.557. The molecule has 0 N–H and O–H groups in total. The Morgan fingerprint density at radius 1 is 1.27 bits per heavy atom. The van der Waals surface area contributed by atoms with Gasteiger partial charge in [0.15, 0.2) is 5.00 Å². The Hall–Kier alpha value is -2.17. The number of hydrogen-bond donors (Lipinski definition) is 0. The SMILES string of the molecule is Cc1nc(C(C#N)=Cc2ccco2)sc1N=Nc1c(Cl)cc(Cl)cc1Cl. The number of hydrogen-bond acceptors (Lipinski definition) is 6. The lowest BCUT2D eigenvalue weighted by atomic mass is 10.2. The number of nitrogens with zero attached hydrogens (tertiary/aromatic N) is 4. The summed E-state index contributed by atoms with van der Waals surface area (Å²) in [6, 6.07) is 8.68. The number of benzene rings is 1. The number of allylic oxidation sites excluding steroid dienone is 1. The van der Waals surface area contributed by atoms with Crippen LogP contribution in [0, 0.1) is 18.3 Å². The van der Waals surface area contributed by atoms with Gasteiger partial charge >= 0.3 is 0 Å². The molecular formula is C17H9Cl3N4OS. The first-order chi connectivity index (χ1) is 12.5. The van der Waals surface area contributed by atoms with Gasteiger partial charge in [-0.2, -0.15) is 5.26 Å². The molecule has 1 aromatic carbocycles. The van der Waals surface area contributed by atoms with E-state index in [0.717, 1.165) is 0 Å². The number of thiazole rings is 1. The molecule has 5 nitrogen and oxygen atoms in total. The van der Waals surface area contributed by atoms with Gasteiger partial charge in [0.25, 0.3) is 0 Å². The van der Waals surface area contributed by atoms with Gasteiger partial charge in [-0.25, -0.2) is 4.98 Å². The van der Waals surface area contributed by atoms with Crippen LogP contribution in [0.2, 0.25) is 15.1 Å². The molecule has 0 spiro atoms. The van der Waals surface area contributed by atoms with Crippen LogP contribution in [-0.4, -0.2) is 4.98 Å². The molecule has 0 radical (unpaired) electrons. The smallest absolute Gasteiger partial charge is 0.162 e. The highest BCUT2D eigenvalue weighted by molar-refractivity contribution is 7.16. The van der Waals surface area contributed by atoms with E-state index in [0.29, 0.717) is 47.8 Å². The molecule has 9 heteroatoms. The number of aromatic nitrogens is 1. The summed E-state index contributed by atoms with van der Waals surface area (Å²) in [5.74, 6) is 0.567. The van der Waals surface area contributed by atoms with E-state index < -0.39 is 0 Å². The lowest BCUT2D eigenvalue weighted by Crippen LogP contribution is -1.80. The number of halogens is 3. The third-order valence-electron chi connectivity index (χ3n) is 3.18. The van der Waals surface area contributed by atoms with Crippen molar-refractivity contribution in [3.8, 4) is 6.07 Å². The monoisotopic (exact) mass is 422 g/mol. The molecule has 130 valence electrons. The third-order valence-corrected chi connectivity index (χ3v) is 5.04. The predicted molar refractivity (Wildman–Crippen MR) is 105 cm³/mol. The summed E-state index contributed by atoms with van der Waals surface area (Å²) >= 11 is 19.3. The van der Waals surface area contributed by atoms with Crippen LogP contribution in [0.25, 0.3) is 11.6 Å². The molecule has 0 saturated carbocycles. The summed E-state index contributed by atoms with van der Waals surface area (Å²) in [6.45, 7) is 1.78. The number of rotatable bonds is 4. The third kappa shape index (κ3) is 4.14. The summed E-state index contributed by atoms with van der Waals surface area (Å²) < 4.78 is 5.23. The minimum absolute atomic E-state index is 0.295. The Morgan fingerprint density at radius 2 is 2.00 bits per heavy atom. The Kier molecular flexibility index (Phi) is 5.74. The summed E-state index contributed by atoms with van der Waals surface area (Å²) in [5, 5.41) is 19.7. The fourth-order valence-corrected chi connectivity index (χ4v) is 3.73. The van der Waals surface area contributed by atoms with Gasteiger partial charge in [-0.3, -0.25) is 0 Å². The molecular weight excluding hydrogens is 415 g/mol. The van der Waals surface area contributed by atoms with Crippen molar-refractivity contribution in [2.45, 2.75) is 6.92 Å². The van der Waals surface area contributed by atoms with Crippen molar-refractivity contribution in [3.63, 3.8) is 0 Å². The maximum Gasteiger partial charge on any atom is 0.162 e. The van der Waals surface area contributed by atoms with Crippen molar-refractivity contribution < 1.29 is 4.42 Å². The number of azo groups is 1. The predicted octanol–water partition coefficient (Wildman–Crippen LogP) is 7.48. The quantitative estimate of drug-likeness (QED) is 0.322. The van der Waals surface area contributed by atoms with Crippen LogP contribution in [-0.2, 0) is 0 Å². The van der Waals surface area contributed by atoms with Crippen molar-refractivity contribution in [1.82, 2.24) is 4.98 Å². The van der Waals surface area contributed by atoms with Gasteiger partial charge < -0.3 is 4.42 Å². The second kappa shape index (κ2) is 8.02. The molecule has 3 aromatic rings. The summed E-state index contributed by atoms with van der Waals surface area (Å²) in [4.78, 5) is 4.38. The fourth-order valence-electron chi connectivity index (χ4n) is 1.98. The molecule has 0 saturated heterocycles. The zero-order chi connectivity index (χ0) is 18.7. The lowest BCUT2D eigenvalue weighted by Gasteiger charge is -2.00. The molecule has 0 atom stereocenters. The molecule has 0 aliphatic carbocycles. The summed E-state index contributed by atoms with van der Waals surface area (Å²) in [6.07, 6.45) is 3.15. The highest BCUT2D eigenvalue weighted by atomic mass is 35.5. The maximum atomic E-state index is 9.39. The Labute approximate surface area is 168 Å². The molecule has 2 heterocycles. The van der Waals surface area contributed by atoms with E-state index in [1.54, 1.807) is 25.1 Å². The van der Waals surface area contributed by atoms with Gasteiger partial charge in [-0.1, -0.05) is 46.1 Å². The Balaban J connectivity index is 1.93. The average Bonchev–Trinajstić information content (AvgIpc) is 3.21. The van der Waals surface area contributed by atoms with Crippen molar-refractivity contribution in [3.05, 3.63) is 62.1 Å². The molecule has 3 rings (SSSR count). The first kappa shape index (κ1) is 18.6. The normalized spacial score (nSPS) is 11.9. The second-order valence-electron chi connectivity index (χ2n) is 5.01. The summed E-state index contributed by atoms with van der Waals surface area (Å²) in [7, 11) is 0. The minimum Gasteiger partial charge on any atom is -0.465 e. The minimum atomic E-state index is 0.295. The average molecular weight is 424 g/mol. The molecule has 2 aromatic heterocycles. The number of furan rings is 1. The van der Waals surface area contributed by atoms with Crippen molar-refractivity contribution in [2.24, 2.45) is 10.2 Å². The van der Waals surface area contributed by atoms with E-state index in [-0.39, 0.29) is 0 Å². The number of nitriles is 1. The molecule has 0 aliphatic heterocycles. The van der Waals surface area contributed by atoms with Crippen molar-refractivity contribution in [2.75, 3.05) is 0 Å². The largest absolute Gasteiger partial charge is 0.465 e. The van der Waals surface area contributed by atoms with E-state index in [2.05, 4.69) is 21.3 Å². The molecule has 0 amide bonds. The zero-order valence-corrected chi connectivity index (χ0v) is 16.3. The van der Waals surface area contributed by atoms with E-state index in [4.69, 9.17) is 39.2 Å². The highest BCUT2D eigenvalue weighted by Crippen LogP contribution is 2.38. The van der Waals surface area contributed by atoms with Crippen molar-refractivity contribution in [1.29, 1.82) is 5.26 Å². The van der Waals surface area contributed by atoms with Gasteiger partial charge in [-0.15, -0.1) is 10.2 Å². The van der Waals surface area contributed by atoms with Crippen LogP contribution in [0.4, 0.5) is 10.7 Å². The van der Waals surface area contributed by atoms with Crippen molar-refractivity contribution >= 4 is 68.5 Å². The van der Waals surface area contributed by atoms with Gasteiger partial charge in [0.05, 0.1) is 27.6 Å². The standard InChI is InChI=1S/C17H9Cl3N4OS/c1-9-16(24-23-15-13(19)6-11(18)7-14(15)20)26-17(22-9)10(8-21)5-12-3-2-4-25-12/h2-7H,1H3. The van der Waals surface area contributed by atoms with Crippen LogP contribution >= 0.6 is 46.1 Å². The molecule has 26 heavy (non-hydrogen) atoms. The maximum absolute atomic E-state index is 9.39. The van der Waals surface area contributed by atoms with E-state index in [9.17, 15) is 5.26 Å².